The van der Waals surface area contributed by atoms with E-state index in [0.717, 1.165) is 0 Å². The Morgan fingerprint density at radius 3 is 2.72 bits per heavy atom. The third kappa shape index (κ3) is 2.86. The standard InChI is InChI=1S/C12H7Cl3FNO/c13-6-7-3-4-17-12(11(7)16)18-10-5-8(14)1-2-9(10)15/h1-5H,6H2. The molecule has 0 bridgehead atoms. The summed E-state index contributed by atoms with van der Waals surface area (Å²) in [7, 11) is 0. The van der Waals surface area contributed by atoms with E-state index in [4.69, 9.17) is 39.5 Å². The van der Waals surface area contributed by atoms with Crippen molar-refractivity contribution in [1.82, 2.24) is 4.98 Å². The molecule has 0 saturated carbocycles. The predicted octanol–water partition coefficient (Wildman–Crippen LogP) is 5.06. The molecule has 2 rings (SSSR count). The molecule has 2 nitrogen and oxygen atoms in total. The maximum absolute atomic E-state index is 13.8. The highest BCUT2D eigenvalue weighted by Gasteiger charge is 2.12. The zero-order valence-corrected chi connectivity index (χ0v) is 11.2. The fourth-order valence-electron chi connectivity index (χ4n) is 1.30. The zero-order valence-electron chi connectivity index (χ0n) is 8.96. The van der Waals surface area contributed by atoms with Gasteiger partial charge in [-0.3, -0.25) is 0 Å². The number of aromatic nitrogens is 1. The number of pyridine rings is 1. The van der Waals surface area contributed by atoms with Gasteiger partial charge >= 0.3 is 0 Å². The first kappa shape index (κ1) is 13.4. The van der Waals surface area contributed by atoms with E-state index in [9.17, 15) is 4.39 Å². The van der Waals surface area contributed by atoms with Crippen LogP contribution in [0.5, 0.6) is 11.6 Å². The van der Waals surface area contributed by atoms with E-state index in [0.29, 0.717) is 15.6 Å². The van der Waals surface area contributed by atoms with Crippen LogP contribution in [-0.4, -0.2) is 4.98 Å². The van der Waals surface area contributed by atoms with Crippen molar-refractivity contribution >= 4 is 34.8 Å². The van der Waals surface area contributed by atoms with Crippen LogP contribution in [0.4, 0.5) is 4.39 Å². The van der Waals surface area contributed by atoms with Gasteiger partial charge in [0.15, 0.2) is 5.82 Å². The summed E-state index contributed by atoms with van der Waals surface area (Å²) in [5, 5.41) is 0.750. The maximum atomic E-state index is 13.8. The third-order valence-corrected chi connectivity index (χ3v) is 3.02. The SMILES string of the molecule is Fc1c(CCl)ccnc1Oc1cc(Cl)ccc1Cl. The Balaban J connectivity index is 2.37. The average Bonchev–Trinajstić information content (AvgIpc) is 2.36. The molecular weight excluding hydrogens is 299 g/mol. The molecule has 1 heterocycles. The van der Waals surface area contributed by atoms with Crippen molar-refractivity contribution in [3.8, 4) is 11.6 Å². The van der Waals surface area contributed by atoms with E-state index >= 15 is 0 Å². The number of rotatable bonds is 3. The summed E-state index contributed by atoms with van der Waals surface area (Å²) >= 11 is 17.3. The van der Waals surface area contributed by atoms with E-state index in [-0.39, 0.29) is 17.5 Å². The number of hydrogen-bond donors (Lipinski definition) is 0. The van der Waals surface area contributed by atoms with Gasteiger partial charge in [0, 0.05) is 22.8 Å². The second-order valence-corrected chi connectivity index (χ2v) is 4.51. The molecular formula is C12H7Cl3FNO. The first-order valence-corrected chi connectivity index (χ1v) is 6.23. The molecule has 0 unspecified atom stereocenters. The lowest BCUT2D eigenvalue weighted by atomic mass is 10.3. The summed E-state index contributed by atoms with van der Waals surface area (Å²) in [6.45, 7) is 0. The fraction of sp³-hybridized carbons (Fsp3) is 0.0833. The van der Waals surface area contributed by atoms with Crippen LogP contribution in [0.3, 0.4) is 0 Å². The Labute approximate surface area is 118 Å². The fourth-order valence-corrected chi connectivity index (χ4v) is 1.82. The highest BCUT2D eigenvalue weighted by atomic mass is 35.5. The quantitative estimate of drug-likeness (QED) is 0.740. The summed E-state index contributed by atoms with van der Waals surface area (Å²) in [5.41, 5.74) is 0.305. The van der Waals surface area contributed by atoms with Gasteiger partial charge in [-0.15, -0.1) is 11.6 Å². The minimum absolute atomic E-state index is 0.0357. The number of halogens is 4. The molecule has 1 aromatic heterocycles. The van der Waals surface area contributed by atoms with E-state index in [1.807, 2.05) is 0 Å². The van der Waals surface area contributed by atoms with E-state index in [2.05, 4.69) is 4.98 Å². The average molecular weight is 307 g/mol. The summed E-state index contributed by atoms with van der Waals surface area (Å²) in [6, 6.07) is 6.13. The Kier molecular flexibility index (Phi) is 4.27. The largest absolute Gasteiger partial charge is 0.435 e. The van der Waals surface area contributed by atoms with Crippen molar-refractivity contribution in [2.45, 2.75) is 5.88 Å². The van der Waals surface area contributed by atoms with Crippen molar-refractivity contribution in [3.05, 3.63) is 51.9 Å². The highest BCUT2D eigenvalue weighted by Crippen LogP contribution is 2.32. The molecule has 0 atom stereocenters. The number of benzene rings is 1. The Bertz CT molecular complexity index is 577. The normalized spacial score (nSPS) is 10.4. The molecule has 2 aromatic rings. The summed E-state index contributed by atoms with van der Waals surface area (Å²) < 4.78 is 19.1. The predicted molar refractivity (Wildman–Crippen MR) is 70.3 cm³/mol. The smallest absolute Gasteiger partial charge is 0.256 e. The molecule has 94 valence electrons. The van der Waals surface area contributed by atoms with Crippen LogP contribution in [0.2, 0.25) is 10.0 Å². The van der Waals surface area contributed by atoms with Gasteiger partial charge in [0.1, 0.15) is 5.75 Å². The highest BCUT2D eigenvalue weighted by molar-refractivity contribution is 6.34. The molecule has 0 radical (unpaired) electrons. The molecule has 0 saturated heterocycles. The van der Waals surface area contributed by atoms with Crippen molar-refractivity contribution in [2.75, 3.05) is 0 Å². The number of hydrogen-bond acceptors (Lipinski definition) is 2. The second-order valence-electron chi connectivity index (χ2n) is 3.40. The van der Waals surface area contributed by atoms with Gasteiger partial charge in [-0.05, 0) is 18.2 Å². The van der Waals surface area contributed by atoms with Gasteiger partial charge in [-0.25, -0.2) is 9.37 Å². The van der Waals surface area contributed by atoms with Crippen molar-refractivity contribution in [2.24, 2.45) is 0 Å². The number of nitrogens with zero attached hydrogens (tertiary/aromatic N) is 1. The van der Waals surface area contributed by atoms with Crippen LogP contribution in [-0.2, 0) is 5.88 Å². The molecule has 0 spiro atoms. The third-order valence-electron chi connectivity index (χ3n) is 2.18. The molecule has 0 aliphatic carbocycles. The van der Waals surface area contributed by atoms with Gasteiger partial charge in [0.05, 0.1) is 10.9 Å². The molecule has 0 aliphatic rings. The number of alkyl halides is 1. The number of ether oxygens (including phenoxy) is 1. The minimum atomic E-state index is -0.608. The topological polar surface area (TPSA) is 22.1 Å². The Morgan fingerprint density at radius 2 is 2.00 bits per heavy atom. The van der Waals surface area contributed by atoms with Crippen LogP contribution in [0, 0.1) is 5.82 Å². The lowest BCUT2D eigenvalue weighted by Gasteiger charge is -2.09. The molecule has 0 amide bonds. The van der Waals surface area contributed by atoms with Gasteiger partial charge in [0.25, 0.3) is 5.88 Å². The summed E-state index contributed by atoms with van der Waals surface area (Å²) in [6.07, 6.45) is 1.41. The van der Waals surface area contributed by atoms with Crippen molar-refractivity contribution in [3.63, 3.8) is 0 Å². The first-order valence-electron chi connectivity index (χ1n) is 4.94. The molecule has 0 fully saturated rings. The van der Waals surface area contributed by atoms with Crippen molar-refractivity contribution in [1.29, 1.82) is 0 Å². The monoisotopic (exact) mass is 305 g/mol. The second kappa shape index (κ2) is 5.74. The summed E-state index contributed by atoms with van der Waals surface area (Å²) in [4.78, 5) is 3.80. The lowest BCUT2D eigenvalue weighted by molar-refractivity contribution is 0.420. The molecule has 6 heteroatoms. The van der Waals surface area contributed by atoms with E-state index in [1.165, 1.54) is 18.3 Å². The molecule has 0 aliphatic heterocycles. The van der Waals surface area contributed by atoms with Crippen LogP contribution in [0.15, 0.2) is 30.5 Å². The van der Waals surface area contributed by atoms with Crippen LogP contribution in [0.1, 0.15) is 5.56 Å². The molecule has 18 heavy (non-hydrogen) atoms. The van der Waals surface area contributed by atoms with E-state index in [1.54, 1.807) is 12.1 Å². The van der Waals surface area contributed by atoms with Crippen LogP contribution >= 0.6 is 34.8 Å². The van der Waals surface area contributed by atoms with E-state index < -0.39 is 5.82 Å². The van der Waals surface area contributed by atoms with Gasteiger partial charge in [-0.1, -0.05) is 23.2 Å². The zero-order chi connectivity index (χ0) is 13.1. The van der Waals surface area contributed by atoms with Gasteiger partial charge in [0.2, 0.25) is 0 Å². The van der Waals surface area contributed by atoms with Crippen LogP contribution in [0.25, 0.3) is 0 Å². The Morgan fingerprint density at radius 1 is 1.22 bits per heavy atom. The maximum Gasteiger partial charge on any atom is 0.256 e. The molecule has 0 N–H and O–H groups in total. The van der Waals surface area contributed by atoms with Gasteiger partial charge in [-0.2, -0.15) is 0 Å². The lowest BCUT2D eigenvalue weighted by Crippen LogP contribution is -1.96. The van der Waals surface area contributed by atoms with Gasteiger partial charge < -0.3 is 4.74 Å². The molecule has 1 aromatic carbocycles. The first-order chi connectivity index (χ1) is 8.61. The van der Waals surface area contributed by atoms with Crippen LogP contribution < -0.4 is 4.74 Å². The Hall–Kier alpha value is -1.03. The summed E-state index contributed by atoms with van der Waals surface area (Å²) in [5.74, 6) is -0.517. The minimum Gasteiger partial charge on any atom is -0.435 e. The van der Waals surface area contributed by atoms with Crippen molar-refractivity contribution < 1.29 is 9.13 Å².